The van der Waals surface area contributed by atoms with E-state index in [2.05, 4.69) is 13.2 Å². The van der Waals surface area contributed by atoms with Crippen LogP contribution in [0.25, 0.3) is 0 Å². The SMILES string of the molecule is C=CC(=O)O.C=CCOC(=O)C1=CCC1. The minimum absolute atomic E-state index is 0.189. The van der Waals surface area contributed by atoms with Crippen molar-refractivity contribution in [2.24, 2.45) is 0 Å². The Kier molecular flexibility index (Phi) is 6.63. The molecule has 1 aliphatic rings. The largest absolute Gasteiger partial charge is 0.478 e. The number of esters is 1. The van der Waals surface area contributed by atoms with Crippen molar-refractivity contribution in [2.45, 2.75) is 12.8 Å². The molecule has 1 rings (SSSR count). The first-order valence-electron chi connectivity index (χ1n) is 4.44. The first-order chi connectivity index (χ1) is 7.11. The maximum atomic E-state index is 10.8. The third kappa shape index (κ3) is 6.26. The molecule has 0 saturated heterocycles. The van der Waals surface area contributed by atoms with Gasteiger partial charge in [-0.15, -0.1) is 0 Å². The summed E-state index contributed by atoms with van der Waals surface area (Å²) in [6.07, 6.45) is 6.18. The summed E-state index contributed by atoms with van der Waals surface area (Å²) in [5.74, 6) is -1.17. The molecule has 0 aromatic heterocycles. The Labute approximate surface area is 88.6 Å². The fourth-order valence-electron chi connectivity index (χ4n) is 0.701. The van der Waals surface area contributed by atoms with E-state index in [4.69, 9.17) is 9.84 Å². The number of carboxylic acid groups (broad SMARTS) is 1. The molecule has 0 unspecified atom stereocenters. The minimum Gasteiger partial charge on any atom is -0.478 e. The van der Waals surface area contributed by atoms with Crippen LogP contribution in [-0.4, -0.2) is 23.7 Å². The molecule has 4 nitrogen and oxygen atoms in total. The average molecular weight is 210 g/mol. The lowest BCUT2D eigenvalue weighted by Gasteiger charge is -2.11. The molecule has 0 aliphatic heterocycles. The highest BCUT2D eigenvalue weighted by atomic mass is 16.5. The van der Waals surface area contributed by atoms with Crippen LogP contribution in [0, 0.1) is 0 Å². The second-order valence-electron chi connectivity index (χ2n) is 2.70. The second kappa shape index (κ2) is 7.55. The van der Waals surface area contributed by atoms with Gasteiger partial charge in [-0.2, -0.15) is 0 Å². The van der Waals surface area contributed by atoms with Crippen LogP contribution in [0.1, 0.15) is 12.8 Å². The van der Waals surface area contributed by atoms with Gasteiger partial charge in [0.05, 0.1) is 0 Å². The lowest BCUT2D eigenvalue weighted by Crippen LogP contribution is -2.11. The highest BCUT2D eigenvalue weighted by Crippen LogP contribution is 2.18. The van der Waals surface area contributed by atoms with Crippen LogP contribution in [-0.2, 0) is 14.3 Å². The van der Waals surface area contributed by atoms with Crippen LogP contribution in [0.2, 0.25) is 0 Å². The summed E-state index contributed by atoms with van der Waals surface area (Å²) in [6.45, 7) is 6.72. The molecule has 0 atom stereocenters. The molecular formula is C11H14O4. The monoisotopic (exact) mass is 210 g/mol. The van der Waals surface area contributed by atoms with Gasteiger partial charge in [0.25, 0.3) is 0 Å². The molecule has 0 bridgehead atoms. The number of hydrogen-bond donors (Lipinski definition) is 1. The van der Waals surface area contributed by atoms with Crippen LogP contribution >= 0.6 is 0 Å². The van der Waals surface area contributed by atoms with Gasteiger partial charge < -0.3 is 9.84 Å². The lowest BCUT2D eigenvalue weighted by atomic mass is 10.00. The second-order valence-corrected chi connectivity index (χ2v) is 2.70. The van der Waals surface area contributed by atoms with E-state index in [9.17, 15) is 9.59 Å². The van der Waals surface area contributed by atoms with E-state index in [1.165, 1.54) is 0 Å². The van der Waals surface area contributed by atoms with Crippen molar-refractivity contribution in [1.82, 2.24) is 0 Å². The topological polar surface area (TPSA) is 63.6 Å². The van der Waals surface area contributed by atoms with Crippen molar-refractivity contribution >= 4 is 11.9 Å². The molecule has 0 amide bonds. The van der Waals surface area contributed by atoms with Crippen molar-refractivity contribution < 1.29 is 19.4 Å². The van der Waals surface area contributed by atoms with E-state index in [0.29, 0.717) is 6.61 Å². The normalized spacial score (nSPS) is 12.1. The Hall–Kier alpha value is -1.84. The van der Waals surface area contributed by atoms with E-state index in [0.717, 1.165) is 24.5 Å². The molecule has 82 valence electrons. The maximum Gasteiger partial charge on any atom is 0.333 e. The summed E-state index contributed by atoms with van der Waals surface area (Å²) in [7, 11) is 0. The van der Waals surface area contributed by atoms with Gasteiger partial charge in [0.1, 0.15) is 6.61 Å². The Morgan fingerprint density at radius 1 is 1.53 bits per heavy atom. The van der Waals surface area contributed by atoms with E-state index < -0.39 is 5.97 Å². The summed E-state index contributed by atoms with van der Waals surface area (Å²) in [5, 5.41) is 7.60. The molecule has 1 aliphatic carbocycles. The Balaban J connectivity index is 0.000000336. The van der Waals surface area contributed by atoms with Gasteiger partial charge in [-0.25, -0.2) is 9.59 Å². The Bertz CT molecular complexity index is 289. The fraction of sp³-hybridized carbons (Fsp3) is 0.273. The zero-order chi connectivity index (χ0) is 11.7. The van der Waals surface area contributed by atoms with Gasteiger partial charge in [-0.05, 0) is 12.8 Å². The smallest absolute Gasteiger partial charge is 0.333 e. The number of carbonyl (C=O) groups excluding carboxylic acids is 1. The molecule has 1 N–H and O–H groups in total. The van der Waals surface area contributed by atoms with E-state index in [-0.39, 0.29) is 5.97 Å². The number of carbonyl (C=O) groups is 2. The van der Waals surface area contributed by atoms with Crippen LogP contribution in [0.15, 0.2) is 37.0 Å². The molecule has 0 spiro atoms. The fourth-order valence-corrected chi connectivity index (χ4v) is 0.701. The molecular weight excluding hydrogens is 196 g/mol. The van der Waals surface area contributed by atoms with Crippen molar-refractivity contribution in [1.29, 1.82) is 0 Å². The van der Waals surface area contributed by atoms with Crippen LogP contribution < -0.4 is 0 Å². The zero-order valence-electron chi connectivity index (χ0n) is 8.44. The number of allylic oxidation sites excluding steroid dienone is 1. The first-order valence-corrected chi connectivity index (χ1v) is 4.44. The summed E-state index contributed by atoms with van der Waals surface area (Å²) < 4.78 is 4.77. The number of rotatable bonds is 4. The lowest BCUT2D eigenvalue weighted by molar-refractivity contribution is -0.138. The van der Waals surface area contributed by atoms with Gasteiger partial charge in [0.2, 0.25) is 0 Å². The van der Waals surface area contributed by atoms with Crippen molar-refractivity contribution in [3.8, 4) is 0 Å². The molecule has 15 heavy (non-hydrogen) atoms. The summed E-state index contributed by atoms with van der Waals surface area (Å²) in [6, 6.07) is 0. The van der Waals surface area contributed by atoms with Crippen LogP contribution in [0.4, 0.5) is 0 Å². The summed E-state index contributed by atoms with van der Waals surface area (Å²) in [4.78, 5) is 20.1. The van der Waals surface area contributed by atoms with Crippen molar-refractivity contribution in [3.05, 3.63) is 37.0 Å². The first kappa shape index (κ1) is 13.2. The van der Waals surface area contributed by atoms with E-state index >= 15 is 0 Å². The Morgan fingerprint density at radius 3 is 2.33 bits per heavy atom. The third-order valence-corrected chi connectivity index (χ3v) is 1.57. The van der Waals surface area contributed by atoms with Crippen molar-refractivity contribution in [2.75, 3.05) is 6.61 Å². The molecule has 0 heterocycles. The van der Waals surface area contributed by atoms with Gasteiger partial charge in [0.15, 0.2) is 0 Å². The molecule has 4 heteroatoms. The molecule has 0 radical (unpaired) electrons. The van der Waals surface area contributed by atoms with Gasteiger partial charge in [-0.3, -0.25) is 0 Å². The highest BCUT2D eigenvalue weighted by molar-refractivity contribution is 5.89. The predicted octanol–water partition coefficient (Wildman–Crippen LogP) is 1.69. The number of ether oxygens (including phenoxy) is 1. The minimum atomic E-state index is -0.981. The Morgan fingerprint density at radius 2 is 2.07 bits per heavy atom. The molecule has 0 aromatic carbocycles. The third-order valence-electron chi connectivity index (χ3n) is 1.57. The quantitative estimate of drug-likeness (QED) is 0.435. The van der Waals surface area contributed by atoms with Crippen molar-refractivity contribution in [3.63, 3.8) is 0 Å². The van der Waals surface area contributed by atoms with Gasteiger partial charge in [0, 0.05) is 11.6 Å². The summed E-state index contributed by atoms with van der Waals surface area (Å²) >= 11 is 0. The number of aliphatic carboxylic acids is 1. The van der Waals surface area contributed by atoms with Crippen LogP contribution in [0.5, 0.6) is 0 Å². The molecule has 0 saturated carbocycles. The van der Waals surface area contributed by atoms with E-state index in [1.807, 2.05) is 6.08 Å². The van der Waals surface area contributed by atoms with Gasteiger partial charge in [-0.1, -0.05) is 25.3 Å². The highest BCUT2D eigenvalue weighted by Gasteiger charge is 2.14. The number of hydrogen-bond acceptors (Lipinski definition) is 3. The van der Waals surface area contributed by atoms with Gasteiger partial charge >= 0.3 is 11.9 Å². The zero-order valence-corrected chi connectivity index (χ0v) is 8.44. The maximum absolute atomic E-state index is 10.8. The standard InChI is InChI=1S/C8H10O2.C3H4O2/c1-2-6-10-8(9)7-4-3-5-7;1-2-3(4)5/h2,4H,1,3,5-6H2;2H,1H2,(H,4,5). The van der Waals surface area contributed by atoms with E-state index in [1.54, 1.807) is 6.08 Å². The molecule has 0 fully saturated rings. The molecule has 0 aromatic rings. The summed E-state index contributed by atoms with van der Waals surface area (Å²) in [5.41, 5.74) is 0.807. The van der Waals surface area contributed by atoms with Crippen LogP contribution in [0.3, 0.4) is 0 Å². The predicted molar refractivity (Wildman–Crippen MR) is 56.3 cm³/mol. The average Bonchev–Trinajstić information content (AvgIpc) is 2.13. The number of carboxylic acids is 1.